The molecule has 1 atom stereocenters. The molecule has 0 aliphatic heterocycles. The first-order valence-electron chi connectivity index (χ1n) is 5.87. The van der Waals surface area contributed by atoms with Gasteiger partial charge in [0.15, 0.2) is 0 Å². The molecule has 5 heteroatoms. The van der Waals surface area contributed by atoms with E-state index in [2.05, 4.69) is 47.8 Å². The maximum atomic E-state index is 14.0. The summed E-state index contributed by atoms with van der Waals surface area (Å²) in [6.45, 7) is 1.99. The van der Waals surface area contributed by atoms with Gasteiger partial charge in [0.05, 0.1) is 11.9 Å². The fraction of sp³-hybridized carbons (Fsp3) is 0.200. The average Bonchev–Trinajstić information content (AvgIpc) is 2.43. The molecule has 2 rings (SSSR count). The van der Waals surface area contributed by atoms with Crippen molar-refractivity contribution < 1.29 is 9.13 Å². The van der Waals surface area contributed by atoms with Gasteiger partial charge in [0.25, 0.3) is 0 Å². The van der Waals surface area contributed by atoms with Gasteiger partial charge in [-0.25, -0.2) is 4.39 Å². The molecule has 0 radical (unpaired) electrons. The second kappa shape index (κ2) is 6.58. The number of rotatable bonds is 3. The second-order valence-electron chi connectivity index (χ2n) is 4.37. The van der Waals surface area contributed by atoms with E-state index < -0.39 is 0 Å². The van der Waals surface area contributed by atoms with E-state index in [9.17, 15) is 4.39 Å². The molecule has 0 amide bonds. The van der Waals surface area contributed by atoms with Crippen molar-refractivity contribution in [1.29, 1.82) is 0 Å². The van der Waals surface area contributed by atoms with Crippen molar-refractivity contribution in [1.82, 2.24) is 0 Å². The lowest BCUT2D eigenvalue weighted by Gasteiger charge is -2.17. The first kappa shape index (κ1) is 16.0. The fourth-order valence-electron chi connectivity index (χ4n) is 1.92. The Morgan fingerprint density at radius 2 is 1.80 bits per heavy atom. The van der Waals surface area contributed by atoms with Gasteiger partial charge in [0.1, 0.15) is 11.6 Å². The Balaban J connectivity index is 2.55. The molecule has 1 nitrogen and oxygen atoms in total. The van der Waals surface area contributed by atoms with Gasteiger partial charge in [0, 0.05) is 20.1 Å². The maximum absolute atomic E-state index is 14.0. The Kier molecular flexibility index (Phi) is 5.26. The molecule has 0 spiro atoms. The molecule has 1 unspecified atom stereocenters. The van der Waals surface area contributed by atoms with Crippen LogP contribution in [-0.2, 0) is 0 Å². The van der Waals surface area contributed by atoms with Gasteiger partial charge in [-0.3, -0.25) is 0 Å². The Labute approximate surface area is 142 Å². The predicted octanol–water partition coefficient (Wildman–Crippen LogP) is 6.15. The second-order valence-corrected chi connectivity index (χ2v) is 7.06. The Morgan fingerprint density at radius 1 is 1.10 bits per heavy atom. The SMILES string of the molecule is COc1cc(C)c(Br)cc1C(Br)c1cc(Br)ccc1F. The third kappa shape index (κ3) is 3.26. The molecule has 2 aromatic rings. The van der Waals surface area contributed by atoms with Crippen LogP contribution >= 0.6 is 47.8 Å². The Morgan fingerprint density at radius 3 is 2.45 bits per heavy atom. The third-order valence-corrected chi connectivity index (χ3v) is 5.35. The first-order chi connectivity index (χ1) is 9.43. The molecule has 106 valence electrons. The summed E-state index contributed by atoms with van der Waals surface area (Å²) >= 11 is 10.4. The molecule has 0 bridgehead atoms. The summed E-state index contributed by atoms with van der Waals surface area (Å²) in [4.78, 5) is -0.285. The van der Waals surface area contributed by atoms with Crippen molar-refractivity contribution in [2.45, 2.75) is 11.8 Å². The summed E-state index contributed by atoms with van der Waals surface area (Å²) in [6.07, 6.45) is 0. The summed E-state index contributed by atoms with van der Waals surface area (Å²) in [7, 11) is 1.61. The number of methoxy groups -OCH3 is 1. The van der Waals surface area contributed by atoms with Crippen LogP contribution in [0.5, 0.6) is 5.75 Å². The van der Waals surface area contributed by atoms with E-state index in [4.69, 9.17) is 4.74 Å². The fourth-order valence-corrected chi connectivity index (χ4v) is 3.37. The maximum Gasteiger partial charge on any atom is 0.127 e. The van der Waals surface area contributed by atoms with Gasteiger partial charge in [-0.05, 0) is 42.8 Å². The number of hydrogen-bond acceptors (Lipinski definition) is 1. The van der Waals surface area contributed by atoms with E-state index in [0.717, 1.165) is 25.8 Å². The Bertz CT molecular complexity index is 643. The lowest BCUT2D eigenvalue weighted by Crippen LogP contribution is -2.00. The summed E-state index contributed by atoms with van der Waals surface area (Å²) < 4.78 is 21.2. The minimum Gasteiger partial charge on any atom is -0.496 e. The van der Waals surface area contributed by atoms with Gasteiger partial charge in [-0.1, -0.05) is 47.8 Å². The van der Waals surface area contributed by atoms with E-state index in [1.807, 2.05) is 19.1 Å². The molecule has 0 aliphatic carbocycles. The topological polar surface area (TPSA) is 9.23 Å². The minimum atomic E-state index is -0.285. The van der Waals surface area contributed by atoms with Gasteiger partial charge < -0.3 is 4.74 Å². The Hall–Kier alpha value is -0.390. The van der Waals surface area contributed by atoms with Crippen molar-refractivity contribution in [3.05, 3.63) is 61.8 Å². The van der Waals surface area contributed by atoms with Gasteiger partial charge in [-0.2, -0.15) is 0 Å². The number of alkyl halides is 1. The zero-order valence-corrected chi connectivity index (χ0v) is 15.6. The average molecular weight is 467 g/mol. The van der Waals surface area contributed by atoms with Crippen molar-refractivity contribution in [2.75, 3.05) is 7.11 Å². The highest BCUT2D eigenvalue weighted by Gasteiger charge is 2.20. The summed E-state index contributed by atoms with van der Waals surface area (Å²) in [5.41, 5.74) is 2.51. The summed E-state index contributed by atoms with van der Waals surface area (Å²) in [6, 6.07) is 8.78. The quantitative estimate of drug-likeness (QED) is 0.493. The van der Waals surface area contributed by atoms with Crippen LogP contribution in [-0.4, -0.2) is 7.11 Å². The summed E-state index contributed by atoms with van der Waals surface area (Å²) in [5.74, 6) is 0.473. The molecular formula is C15H12Br3FO. The van der Waals surface area contributed by atoms with E-state index in [1.54, 1.807) is 19.2 Å². The van der Waals surface area contributed by atoms with Gasteiger partial charge in [-0.15, -0.1) is 0 Å². The van der Waals surface area contributed by atoms with Crippen molar-refractivity contribution >= 4 is 47.8 Å². The van der Waals surface area contributed by atoms with Crippen LogP contribution in [0.25, 0.3) is 0 Å². The summed E-state index contributed by atoms with van der Waals surface area (Å²) in [5, 5.41) is 0. The molecule has 20 heavy (non-hydrogen) atoms. The zero-order valence-electron chi connectivity index (χ0n) is 10.9. The smallest absolute Gasteiger partial charge is 0.127 e. The van der Waals surface area contributed by atoms with Crippen molar-refractivity contribution in [3.8, 4) is 5.75 Å². The normalized spacial score (nSPS) is 12.3. The van der Waals surface area contributed by atoms with Crippen LogP contribution in [0.1, 0.15) is 21.5 Å². The monoisotopic (exact) mass is 464 g/mol. The number of ether oxygens (including phenoxy) is 1. The van der Waals surface area contributed by atoms with E-state index >= 15 is 0 Å². The van der Waals surface area contributed by atoms with E-state index in [0.29, 0.717) is 5.56 Å². The van der Waals surface area contributed by atoms with Crippen molar-refractivity contribution in [3.63, 3.8) is 0 Å². The van der Waals surface area contributed by atoms with Crippen molar-refractivity contribution in [2.24, 2.45) is 0 Å². The first-order valence-corrected chi connectivity index (χ1v) is 8.37. The predicted molar refractivity (Wildman–Crippen MR) is 90.3 cm³/mol. The standard InChI is InChI=1S/C15H12Br3FO/c1-8-5-14(20-2)11(7-12(8)17)15(18)10-6-9(16)3-4-13(10)19/h3-7,15H,1-2H3. The van der Waals surface area contributed by atoms with Gasteiger partial charge >= 0.3 is 0 Å². The van der Waals surface area contributed by atoms with Crippen LogP contribution in [0.2, 0.25) is 0 Å². The molecule has 0 saturated heterocycles. The van der Waals surface area contributed by atoms with Crippen LogP contribution in [0.15, 0.2) is 39.3 Å². The lowest BCUT2D eigenvalue weighted by molar-refractivity contribution is 0.410. The largest absolute Gasteiger partial charge is 0.496 e. The molecular weight excluding hydrogens is 455 g/mol. The number of hydrogen-bond donors (Lipinski definition) is 0. The molecule has 2 aromatic carbocycles. The highest BCUT2D eigenvalue weighted by molar-refractivity contribution is 9.11. The molecule has 0 N–H and O–H groups in total. The molecule has 0 saturated carbocycles. The van der Waals surface area contributed by atoms with E-state index in [-0.39, 0.29) is 10.6 Å². The van der Waals surface area contributed by atoms with Crippen LogP contribution in [0.4, 0.5) is 4.39 Å². The zero-order chi connectivity index (χ0) is 14.9. The molecule has 0 fully saturated rings. The number of benzene rings is 2. The number of aryl methyl sites for hydroxylation is 1. The van der Waals surface area contributed by atoms with Crippen LogP contribution in [0.3, 0.4) is 0 Å². The lowest BCUT2D eigenvalue weighted by atomic mass is 10.0. The highest BCUT2D eigenvalue weighted by Crippen LogP contribution is 2.40. The molecule has 0 heterocycles. The highest BCUT2D eigenvalue weighted by atomic mass is 79.9. The third-order valence-electron chi connectivity index (χ3n) is 3.02. The molecule has 0 aliphatic rings. The minimum absolute atomic E-state index is 0.256. The molecule has 0 aromatic heterocycles. The van der Waals surface area contributed by atoms with Gasteiger partial charge in [0.2, 0.25) is 0 Å². The van der Waals surface area contributed by atoms with Crippen LogP contribution in [0, 0.1) is 12.7 Å². The van der Waals surface area contributed by atoms with E-state index in [1.165, 1.54) is 6.07 Å². The van der Waals surface area contributed by atoms with Crippen LogP contribution < -0.4 is 4.74 Å². The number of halogens is 4.